The smallest absolute Gasteiger partial charge is 0.128 e. The van der Waals surface area contributed by atoms with Crippen LogP contribution in [0.25, 0.3) is 0 Å². The maximum atomic E-state index is 6.19. The first-order chi connectivity index (χ1) is 8.01. The third-order valence-corrected chi connectivity index (χ3v) is 3.74. The second-order valence-electron chi connectivity index (χ2n) is 4.60. The summed E-state index contributed by atoms with van der Waals surface area (Å²) in [6.07, 6.45) is 3.87. The van der Waals surface area contributed by atoms with Gasteiger partial charge in [0, 0.05) is 28.4 Å². The van der Waals surface area contributed by atoms with Crippen LogP contribution in [-0.2, 0) is 6.42 Å². The predicted octanol–water partition coefficient (Wildman–Crippen LogP) is 3.90. The van der Waals surface area contributed by atoms with Crippen LogP contribution in [0.1, 0.15) is 37.1 Å². The first-order valence-electron chi connectivity index (χ1n) is 6.14. The van der Waals surface area contributed by atoms with Crippen molar-refractivity contribution < 1.29 is 4.74 Å². The number of aromatic nitrogens is 1. The van der Waals surface area contributed by atoms with Crippen LogP contribution >= 0.6 is 11.6 Å². The summed E-state index contributed by atoms with van der Waals surface area (Å²) in [5.41, 5.74) is 3.33. The van der Waals surface area contributed by atoms with Crippen LogP contribution in [0.5, 0.6) is 5.75 Å². The molecule has 0 aliphatic carbocycles. The Morgan fingerprint density at radius 1 is 1.41 bits per heavy atom. The summed E-state index contributed by atoms with van der Waals surface area (Å²) in [7, 11) is 1.71. The number of alkyl halides is 1. The molecule has 96 valence electrons. The number of halogens is 1. The zero-order chi connectivity index (χ0) is 13.0. The van der Waals surface area contributed by atoms with Crippen molar-refractivity contribution in [2.24, 2.45) is 5.92 Å². The van der Waals surface area contributed by atoms with E-state index in [1.165, 1.54) is 0 Å². The van der Waals surface area contributed by atoms with Gasteiger partial charge in [-0.1, -0.05) is 13.3 Å². The lowest BCUT2D eigenvalue weighted by molar-refractivity contribution is 0.405. The number of aryl methyl sites for hydroxylation is 1. The molecular weight excluding hydrogens is 234 g/mol. The van der Waals surface area contributed by atoms with E-state index in [9.17, 15) is 0 Å². The van der Waals surface area contributed by atoms with Gasteiger partial charge in [-0.05, 0) is 33.1 Å². The van der Waals surface area contributed by atoms with Crippen molar-refractivity contribution in [2.45, 2.75) is 45.9 Å². The van der Waals surface area contributed by atoms with Crippen molar-refractivity contribution >= 4 is 11.6 Å². The number of methoxy groups -OCH3 is 1. The van der Waals surface area contributed by atoms with Crippen LogP contribution < -0.4 is 4.74 Å². The van der Waals surface area contributed by atoms with E-state index in [0.29, 0.717) is 5.92 Å². The molecule has 0 fully saturated rings. The Bertz CT molecular complexity index is 377. The van der Waals surface area contributed by atoms with E-state index >= 15 is 0 Å². The molecule has 3 heteroatoms. The van der Waals surface area contributed by atoms with Crippen molar-refractivity contribution in [3.8, 4) is 5.75 Å². The van der Waals surface area contributed by atoms with Crippen LogP contribution in [-0.4, -0.2) is 17.5 Å². The molecule has 0 aliphatic rings. The molecule has 1 rings (SSSR count). The molecule has 0 aliphatic heterocycles. The third-order valence-electron chi connectivity index (χ3n) is 3.38. The van der Waals surface area contributed by atoms with Gasteiger partial charge in [-0.25, -0.2) is 0 Å². The van der Waals surface area contributed by atoms with E-state index in [4.69, 9.17) is 16.3 Å². The van der Waals surface area contributed by atoms with Crippen molar-refractivity contribution in [1.29, 1.82) is 0 Å². The molecule has 0 bridgehead atoms. The van der Waals surface area contributed by atoms with Gasteiger partial charge in [0.1, 0.15) is 5.75 Å². The highest BCUT2D eigenvalue weighted by molar-refractivity contribution is 6.20. The van der Waals surface area contributed by atoms with Gasteiger partial charge in [-0.15, -0.1) is 11.6 Å². The van der Waals surface area contributed by atoms with Crippen molar-refractivity contribution in [3.05, 3.63) is 23.0 Å². The van der Waals surface area contributed by atoms with E-state index in [1.807, 2.05) is 13.1 Å². The third kappa shape index (κ3) is 3.35. The molecule has 0 N–H and O–H groups in total. The van der Waals surface area contributed by atoms with Gasteiger partial charge in [0.25, 0.3) is 0 Å². The number of hydrogen-bond donors (Lipinski definition) is 0. The largest absolute Gasteiger partial charge is 0.496 e. The van der Waals surface area contributed by atoms with Crippen LogP contribution in [0.4, 0.5) is 0 Å². The first kappa shape index (κ1) is 14.3. The van der Waals surface area contributed by atoms with Crippen LogP contribution in [0.2, 0.25) is 0 Å². The molecule has 0 saturated heterocycles. The summed E-state index contributed by atoms with van der Waals surface area (Å²) < 4.78 is 5.42. The average molecular weight is 256 g/mol. The Morgan fingerprint density at radius 2 is 2.06 bits per heavy atom. The van der Waals surface area contributed by atoms with Gasteiger partial charge in [0.2, 0.25) is 0 Å². The minimum Gasteiger partial charge on any atom is -0.496 e. The lowest BCUT2D eigenvalue weighted by atomic mass is 9.94. The highest BCUT2D eigenvalue weighted by Gasteiger charge is 2.17. The quantitative estimate of drug-likeness (QED) is 0.745. The summed E-state index contributed by atoms with van der Waals surface area (Å²) in [5.74, 6) is 1.42. The van der Waals surface area contributed by atoms with Gasteiger partial charge in [-0.2, -0.15) is 0 Å². The molecule has 0 amide bonds. The fraction of sp³-hybridized carbons (Fsp3) is 0.643. The zero-order valence-electron chi connectivity index (χ0n) is 11.4. The highest BCUT2D eigenvalue weighted by Crippen LogP contribution is 2.27. The van der Waals surface area contributed by atoms with Gasteiger partial charge in [0.15, 0.2) is 0 Å². The Morgan fingerprint density at radius 3 is 2.53 bits per heavy atom. The predicted molar refractivity (Wildman–Crippen MR) is 73.1 cm³/mol. The molecule has 1 aromatic heterocycles. The van der Waals surface area contributed by atoms with Gasteiger partial charge < -0.3 is 4.74 Å². The second-order valence-corrected chi connectivity index (χ2v) is 5.28. The minimum absolute atomic E-state index is 0.175. The van der Waals surface area contributed by atoms with Gasteiger partial charge in [0.05, 0.1) is 7.11 Å². The molecule has 0 saturated carbocycles. The fourth-order valence-electron chi connectivity index (χ4n) is 2.16. The van der Waals surface area contributed by atoms with Crippen LogP contribution in [0.3, 0.4) is 0 Å². The van der Waals surface area contributed by atoms with Crippen LogP contribution in [0.15, 0.2) is 6.20 Å². The van der Waals surface area contributed by atoms with E-state index in [-0.39, 0.29) is 5.38 Å². The standard InChI is InChI=1S/C14H22ClNO/c1-6-12(11(4)15)7-13-10(3)14(17-5)9(2)8-16-13/h8,11-12H,6-7H2,1-5H3. The minimum atomic E-state index is 0.175. The lowest BCUT2D eigenvalue weighted by Crippen LogP contribution is -2.15. The molecule has 2 nitrogen and oxygen atoms in total. The van der Waals surface area contributed by atoms with Crippen molar-refractivity contribution in [2.75, 3.05) is 7.11 Å². The molecule has 0 radical (unpaired) electrons. The van der Waals surface area contributed by atoms with Gasteiger partial charge >= 0.3 is 0 Å². The van der Waals surface area contributed by atoms with E-state index in [2.05, 4.69) is 25.8 Å². The topological polar surface area (TPSA) is 22.1 Å². The normalized spacial score (nSPS) is 14.5. The Balaban J connectivity index is 2.99. The maximum Gasteiger partial charge on any atom is 0.128 e. The van der Waals surface area contributed by atoms with Crippen molar-refractivity contribution in [3.63, 3.8) is 0 Å². The van der Waals surface area contributed by atoms with E-state index in [0.717, 1.165) is 35.4 Å². The van der Waals surface area contributed by atoms with Crippen molar-refractivity contribution in [1.82, 2.24) is 4.98 Å². The SMILES string of the molecule is CCC(Cc1ncc(C)c(OC)c1C)C(C)Cl. The summed E-state index contributed by atoms with van der Waals surface area (Å²) in [5, 5.41) is 0.175. The number of nitrogens with zero attached hydrogens (tertiary/aromatic N) is 1. The molecular formula is C14H22ClNO. The summed E-state index contributed by atoms with van der Waals surface area (Å²) in [6, 6.07) is 0. The Labute approximate surface area is 109 Å². The fourth-order valence-corrected chi connectivity index (χ4v) is 2.42. The van der Waals surface area contributed by atoms with E-state index < -0.39 is 0 Å². The molecule has 2 unspecified atom stereocenters. The molecule has 0 spiro atoms. The average Bonchev–Trinajstić information content (AvgIpc) is 2.28. The monoisotopic (exact) mass is 255 g/mol. The molecule has 1 aromatic rings. The highest BCUT2D eigenvalue weighted by atomic mass is 35.5. The lowest BCUT2D eigenvalue weighted by Gasteiger charge is -2.19. The van der Waals surface area contributed by atoms with Gasteiger partial charge in [-0.3, -0.25) is 4.98 Å². The number of hydrogen-bond acceptors (Lipinski definition) is 2. The number of pyridine rings is 1. The molecule has 0 aromatic carbocycles. The second kappa shape index (κ2) is 6.25. The first-order valence-corrected chi connectivity index (χ1v) is 6.58. The summed E-state index contributed by atoms with van der Waals surface area (Å²) >= 11 is 6.19. The maximum absolute atomic E-state index is 6.19. The molecule has 17 heavy (non-hydrogen) atoms. The Hall–Kier alpha value is -0.760. The number of ether oxygens (including phenoxy) is 1. The summed E-state index contributed by atoms with van der Waals surface area (Å²) in [6.45, 7) is 8.31. The molecule has 1 heterocycles. The Kier molecular flexibility index (Phi) is 5.26. The van der Waals surface area contributed by atoms with Crippen LogP contribution in [0, 0.1) is 19.8 Å². The summed E-state index contributed by atoms with van der Waals surface area (Å²) in [4.78, 5) is 4.52. The molecule has 2 atom stereocenters. The zero-order valence-corrected chi connectivity index (χ0v) is 12.1. The van der Waals surface area contributed by atoms with E-state index in [1.54, 1.807) is 7.11 Å². The number of rotatable bonds is 5.